The minimum atomic E-state index is -4.45. The molecule has 1 saturated heterocycles. The summed E-state index contributed by atoms with van der Waals surface area (Å²) in [5.74, 6) is -0.418. The van der Waals surface area contributed by atoms with Gasteiger partial charge in [-0.3, -0.25) is 4.90 Å². The molecule has 2 heterocycles. The van der Waals surface area contributed by atoms with E-state index >= 15 is 0 Å². The first kappa shape index (κ1) is 22.0. The quantitative estimate of drug-likeness (QED) is 0.509. The highest BCUT2D eigenvalue weighted by Crippen LogP contribution is 2.31. The van der Waals surface area contributed by atoms with Crippen molar-refractivity contribution in [1.82, 2.24) is 9.88 Å². The van der Waals surface area contributed by atoms with Crippen LogP contribution in [-0.2, 0) is 15.7 Å². The standard InChI is InChI=1S/C21H24F3N3O3/c22-21(23,24)16-5-3-6-17(15-16)26-19-18(7-4-8-25-19)20(28)30-12-2-1-9-27-10-13-29-14-11-27/h3-8,15H,1-2,9-14H2,(H,25,26). The molecular weight excluding hydrogens is 399 g/mol. The number of ether oxygens (including phenoxy) is 2. The molecule has 0 atom stereocenters. The van der Waals surface area contributed by atoms with Crippen molar-refractivity contribution in [2.24, 2.45) is 0 Å². The van der Waals surface area contributed by atoms with E-state index in [9.17, 15) is 18.0 Å². The van der Waals surface area contributed by atoms with Gasteiger partial charge >= 0.3 is 12.1 Å². The third kappa shape index (κ3) is 6.43. The van der Waals surface area contributed by atoms with E-state index in [2.05, 4.69) is 15.2 Å². The molecule has 0 amide bonds. The molecule has 1 aliphatic rings. The topological polar surface area (TPSA) is 63.7 Å². The monoisotopic (exact) mass is 423 g/mol. The van der Waals surface area contributed by atoms with Crippen molar-refractivity contribution in [2.45, 2.75) is 19.0 Å². The van der Waals surface area contributed by atoms with Gasteiger partial charge in [0, 0.05) is 25.0 Å². The average Bonchev–Trinajstić information content (AvgIpc) is 2.74. The van der Waals surface area contributed by atoms with Crippen LogP contribution in [0.15, 0.2) is 42.6 Å². The van der Waals surface area contributed by atoms with Gasteiger partial charge in [0.25, 0.3) is 0 Å². The normalized spacial score (nSPS) is 15.0. The summed E-state index contributed by atoms with van der Waals surface area (Å²) >= 11 is 0. The van der Waals surface area contributed by atoms with Crippen LogP contribution in [0.25, 0.3) is 0 Å². The lowest BCUT2D eigenvalue weighted by Gasteiger charge is -2.26. The highest BCUT2D eigenvalue weighted by atomic mass is 19.4. The van der Waals surface area contributed by atoms with Gasteiger partial charge in [0.05, 0.1) is 25.4 Å². The molecule has 0 radical (unpaired) electrons. The molecule has 0 aliphatic carbocycles. The Morgan fingerprint density at radius 1 is 1.17 bits per heavy atom. The Labute approximate surface area is 173 Å². The minimum Gasteiger partial charge on any atom is -0.462 e. The number of hydrogen-bond donors (Lipinski definition) is 1. The number of unbranched alkanes of at least 4 members (excludes halogenated alkanes) is 1. The molecule has 2 aromatic rings. The summed E-state index contributed by atoms with van der Waals surface area (Å²) in [7, 11) is 0. The molecule has 0 saturated carbocycles. The van der Waals surface area contributed by atoms with E-state index in [0.717, 1.165) is 57.8 Å². The van der Waals surface area contributed by atoms with E-state index in [1.165, 1.54) is 24.4 Å². The SMILES string of the molecule is O=C(OCCCCN1CCOCC1)c1cccnc1Nc1cccc(C(F)(F)F)c1. The number of nitrogens with one attached hydrogen (secondary N) is 1. The first-order chi connectivity index (χ1) is 14.4. The number of morpholine rings is 1. The molecule has 1 aromatic carbocycles. The lowest BCUT2D eigenvalue weighted by Crippen LogP contribution is -2.36. The molecule has 1 aromatic heterocycles. The molecule has 6 nitrogen and oxygen atoms in total. The summed E-state index contributed by atoms with van der Waals surface area (Å²) < 4.78 is 49.4. The van der Waals surface area contributed by atoms with Crippen molar-refractivity contribution in [3.8, 4) is 0 Å². The van der Waals surface area contributed by atoms with Crippen LogP contribution < -0.4 is 5.32 Å². The lowest BCUT2D eigenvalue weighted by molar-refractivity contribution is -0.137. The fourth-order valence-electron chi connectivity index (χ4n) is 3.08. The maximum absolute atomic E-state index is 12.9. The Morgan fingerprint density at radius 3 is 2.73 bits per heavy atom. The summed E-state index contributed by atoms with van der Waals surface area (Å²) in [4.78, 5) is 18.8. The van der Waals surface area contributed by atoms with Crippen LogP contribution in [0.4, 0.5) is 24.7 Å². The van der Waals surface area contributed by atoms with E-state index in [0.29, 0.717) is 0 Å². The highest BCUT2D eigenvalue weighted by Gasteiger charge is 2.30. The number of carbonyl (C=O) groups is 1. The van der Waals surface area contributed by atoms with Crippen molar-refractivity contribution in [3.63, 3.8) is 0 Å². The molecule has 0 spiro atoms. The molecule has 9 heteroatoms. The second-order valence-corrected chi connectivity index (χ2v) is 6.90. The van der Waals surface area contributed by atoms with E-state index in [1.54, 1.807) is 6.07 Å². The van der Waals surface area contributed by atoms with Gasteiger partial charge in [0.2, 0.25) is 0 Å². The smallest absolute Gasteiger partial charge is 0.416 e. The number of carbonyl (C=O) groups excluding carboxylic acids is 1. The zero-order valence-electron chi connectivity index (χ0n) is 16.5. The second kappa shape index (κ2) is 10.4. The molecule has 30 heavy (non-hydrogen) atoms. The van der Waals surface area contributed by atoms with E-state index in [4.69, 9.17) is 9.47 Å². The van der Waals surface area contributed by atoms with Gasteiger partial charge in [-0.2, -0.15) is 13.2 Å². The highest BCUT2D eigenvalue weighted by molar-refractivity contribution is 5.95. The Morgan fingerprint density at radius 2 is 1.97 bits per heavy atom. The zero-order chi connectivity index (χ0) is 21.4. The van der Waals surface area contributed by atoms with Crippen LogP contribution in [0.1, 0.15) is 28.8 Å². The fourth-order valence-corrected chi connectivity index (χ4v) is 3.08. The van der Waals surface area contributed by atoms with Crippen LogP contribution in [0.3, 0.4) is 0 Å². The molecule has 1 aliphatic heterocycles. The third-order valence-corrected chi connectivity index (χ3v) is 4.69. The predicted molar refractivity (Wildman–Crippen MR) is 106 cm³/mol. The summed E-state index contributed by atoms with van der Waals surface area (Å²) in [5, 5.41) is 2.78. The van der Waals surface area contributed by atoms with Crippen molar-refractivity contribution >= 4 is 17.5 Å². The molecular formula is C21H24F3N3O3. The summed E-state index contributed by atoms with van der Waals surface area (Å²) in [6.07, 6.45) is -1.38. The van der Waals surface area contributed by atoms with Crippen molar-refractivity contribution in [3.05, 3.63) is 53.7 Å². The van der Waals surface area contributed by atoms with Crippen molar-refractivity contribution in [1.29, 1.82) is 0 Å². The van der Waals surface area contributed by atoms with Gasteiger partial charge in [0.1, 0.15) is 11.4 Å². The van der Waals surface area contributed by atoms with E-state index in [-0.39, 0.29) is 23.7 Å². The first-order valence-electron chi connectivity index (χ1n) is 9.80. The number of nitrogens with zero attached hydrogens (tertiary/aromatic N) is 2. The number of aromatic nitrogens is 1. The number of anilines is 2. The maximum atomic E-state index is 12.9. The molecule has 162 valence electrons. The predicted octanol–water partition coefficient (Wildman–Crippen LogP) is 4.11. The first-order valence-corrected chi connectivity index (χ1v) is 9.80. The zero-order valence-corrected chi connectivity index (χ0v) is 16.5. The van der Waals surface area contributed by atoms with Crippen LogP contribution in [0, 0.1) is 0 Å². The minimum absolute atomic E-state index is 0.148. The fraction of sp³-hybridized carbons (Fsp3) is 0.429. The Hall–Kier alpha value is -2.65. The van der Waals surface area contributed by atoms with Crippen LogP contribution in [-0.4, -0.2) is 55.3 Å². The second-order valence-electron chi connectivity index (χ2n) is 6.90. The number of benzene rings is 1. The Kier molecular flexibility index (Phi) is 7.64. The molecule has 0 bridgehead atoms. The van der Waals surface area contributed by atoms with Crippen molar-refractivity contribution in [2.75, 3.05) is 44.8 Å². The van der Waals surface area contributed by atoms with Gasteiger partial charge in [-0.05, 0) is 49.7 Å². The van der Waals surface area contributed by atoms with Gasteiger partial charge in [-0.1, -0.05) is 6.07 Å². The number of esters is 1. The number of pyridine rings is 1. The van der Waals surface area contributed by atoms with Gasteiger partial charge in [-0.25, -0.2) is 9.78 Å². The molecule has 1 N–H and O–H groups in total. The third-order valence-electron chi connectivity index (χ3n) is 4.69. The van der Waals surface area contributed by atoms with Crippen LogP contribution in [0.5, 0.6) is 0 Å². The summed E-state index contributed by atoms with van der Waals surface area (Å²) in [6.45, 7) is 4.52. The van der Waals surface area contributed by atoms with Gasteiger partial charge in [0.15, 0.2) is 0 Å². The van der Waals surface area contributed by atoms with E-state index in [1.807, 2.05) is 0 Å². The number of hydrogen-bond acceptors (Lipinski definition) is 6. The lowest BCUT2D eigenvalue weighted by atomic mass is 10.2. The molecule has 3 rings (SSSR count). The molecule has 1 fully saturated rings. The van der Waals surface area contributed by atoms with Gasteiger partial charge in [-0.15, -0.1) is 0 Å². The average molecular weight is 423 g/mol. The van der Waals surface area contributed by atoms with Crippen LogP contribution in [0.2, 0.25) is 0 Å². The Balaban J connectivity index is 1.53. The maximum Gasteiger partial charge on any atom is 0.416 e. The summed E-state index contributed by atoms with van der Waals surface area (Å²) in [6, 6.07) is 7.82. The number of alkyl halides is 3. The van der Waals surface area contributed by atoms with Gasteiger partial charge < -0.3 is 14.8 Å². The van der Waals surface area contributed by atoms with E-state index < -0.39 is 17.7 Å². The van der Waals surface area contributed by atoms with Crippen LogP contribution >= 0.6 is 0 Å². The van der Waals surface area contributed by atoms with Crippen molar-refractivity contribution < 1.29 is 27.4 Å². The summed E-state index contributed by atoms with van der Waals surface area (Å²) in [5.41, 5.74) is -0.431. The number of halogens is 3. The molecule has 0 unspecified atom stereocenters. The number of rotatable bonds is 8. The Bertz CT molecular complexity index is 839. The largest absolute Gasteiger partial charge is 0.462 e.